The molecule has 5 nitrogen and oxygen atoms in total. The van der Waals surface area contributed by atoms with Gasteiger partial charge in [-0.2, -0.15) is 0 Å². The van der Waals surface area contributed by atoms with Crippen molar-refractivity contribution in [3.63, 3.8) is 0 Å². The standard InChI is InChI=1S/C18H27N3O2/c1-15-13-16(6-7-19-15)4-5-17-3-2-8-21(17)18(22)14-20-9-11-23-12-10-20/h6-7,13,17H,2-5,8-12,14H2,1H3/t17-/m0/s1. The monoisotopic (exact) mass is 317 g/mol. The first-order valence-electron chi connectivity index (χ1n) is 8.73. The summed E-state index contributed by atoms with van der Waals surface area (Å²) in [4.78, 5) is 21.2. The molecule has 1 atom stereocenters. The van der Waals surface area contributed by atoms with Gasteiger partial charge in [0.15, 0.2) is 0 Å². The van der Waals surface area contributed by atoms with Crippen LogP contribution in [-0.2, 0) is 16.0 Å². The van der Waals surface area contributed by atoms with E-state index in [1.54, 1.807) is 0 Å². The molecule has 2 fully saturated rings. The summed E-state index contributed by atoms with van der Waals surface area (Å²) in [6.45, 7) is 6.74. The van der Waals surface area contributed by atoms with E-state index in [0.29, 0.717) is 18.5 Å². The van der Waals surface area contributed by atoms with Crippen LogP contribution in [0, 0.1) is 6.92 Å². The summed E-state index contributed by atoms with van der Waals surface area (Å²) in [6, 6.07) is 4.63. The normalized spacial score (nSPS) is 22.5. The van der Waals surface area contributed by atoms with Gasteiger partial charge in [-0.1, -0.05) is 0 Å². The third kappa shape index (κ3) is 4.52. The number of pyridine rings is 1. The zero-order valence-corrected chi connectivity index (χ0v) is 14.0. The van der Waals surface area contributed by atoms with Crippen LogP contribution < -0.4 is 0 Å². The fourth-order valence-corrected chi connectivity index (χ4v) is 3.60. The number of amides is 1. The van der Waals surface area contributed by atoms with Gasteiger partial charge < -0.3 is 9.64 Å². The first-order chi connectivity index (χ1) is 11.2. The number of nitrogens with zero attached hydrogens (tertiary/aromatic N) is 3. The maximum atomic E-state index is 12.6. The van der Waals surface area contributed by atoms with E-state index in [-0.39, 0.29) is 0 Å². The lowest BCUT2D eigenvalue weighted by molar-refractivity contribution is -0.134. The molecule has 3 rings (SSSR count). The van der Waals surface area contributed by atoms with Gasteiger partial charge in [-0.15, -0.1) is 0 Å². The summed E-state index contributed by atoms with van der Waals surface area (Å²) in [5.74, 6) is 0.292. The van der Waals surface area contributed by atoms with Crippen molar-refractivity contribution in [1.29, 1.82) is 0 Å². The molecule has 1 aromatic rings. The van der Waals surface area contributed by atoms with Crippen molar-refractivity contribution in [2.24, 2.45) is 0 Å². The van der Waals surface area contributed by atoms with E-state index in [1.165, 1.54) is 5.56 Å². The van der Waals surface area contributed by atoms with Crippen molar-refractivity contribution in [2.75, 3.05) is 39.4 Å². The second-order valence-corrected chi connectivity index (χ2v) is 6.62. The minimum atomic E-state index is 0.292. The fourth-order valence-electron chi connectivity index (χ4n) is 3.60. The molecule has 0 aromatic carbocycles. The van der Waals surface area contributed by atoms with Crippen molar-refractivity contribution >= 4 is 5.91 Å². The smallest absolute Gasteiger partial charge is 0.236 e. The summed E-state index contributed by atoms with van der Waals surface area (Å²) in [6.07, 6.45) is 6.22. The molecule has 5 heteroatoms. The van der Waals surface area contributed by atoms with E-state index in [9.17, 15) is 4.79 Å². The molecule has 2 aliphatic rings. The van der Waals surface area contributed by atoms with Gasteiger partial charge in [-0.3, -0.25) is 14.7 Å². The number of carbonyl (C=O) groups is 1. The van der Waals surface area contributed by atoms with E-state index >= 15 is 0 Å². The minimum absolute atomic E-state index is 0.292. The van der Waals surface area contributed by atoms with Crippen molar-refractivity contribution in [1.82, 2.24) is 14.8 Å². The van der Waals surface area contributed by atoms with E-state index in [4.69, 9.17) is 4.74 Å². The van der Waals surface area contributed by atoms with Crippen molar-refractivity contribution in [3.05, 3.63) is 29.6 Å². The largest absolute Gasteiger partial charge is 0.379 e. The Balaban J connectivity index is 1.51. The van der Waals surface area contributed by atoms with Crippen LogP contribution in [-0.4, -0.2) is 66.1 Å². The average molecular weight is 317 g/mol. The molecule has 1 amide bonds. The zero-order chi connectivity index (χ0) is 16.1. The van der Waals surface area contributed by atoms with Gasteiger partial charge in [0, 0.05) is 37.6 Å². The Morgan fingerprint density at radius 1 is 1.35 bits per heavy atom. The van der Waals surface area contributed by atoms with Crippen LogP contribution >= 0.6 is 0 Å². The molecule has 0 N–H and O–H groups in total. The average Bonchev–Trinajstić information content (AvgIpc) is 3.03. The van der Waals surface area contributed by atoms with Gasteiger partial charge in [0.25, 0.3) is 0 Å². The molecule has 0 saturated carbocycles. The van der Waals surface area contributed by atoms with Crippen LogP contribution in [0.2, 0.25) is 0 Å². The first kappa shape index (κ1) is 16.4. The van der Waals surface area contributed by atoms with Gasteiger partial charge >= 0.3 is 0 Å². The van der Waals surface area contributed by atoms with Gasteiger partial charge in [-0.05, 0) is 50.3 Å². The molecule has 126 valence electrons. The summed E-state index contributed by atoms with van der Waals surface area (Å²) in [5.41, 5.74) is 2.39. The highest BCUT2D eigenvalue weighted by Gasteiger charge is 2.29. The van der Waals surface area contributed by atoms with Crippen LogP contribution in [0.15, 0.2) is 18.3 Å². The summed E-state index contributed by atoms with van der Waals surface area (Å²) in [5, 5.41) is 0. The lowest BCUT2D eigenvalue weighted by atomic mass is 10.0. The Labute approximate surface area is 138 Å². The summed E-state index contributed by atoms with van der Waals surface area (Å²) in [7, 11) is 0. The Kier molecular flexibility index (Phi) is 5.62. The molecule has 0 radical (unpaired) electrons. The summed E-state index contributed by atoms with van der Waals surface area (Å²) >= 11 is 0. The third-order valence-corrected chi connectivity index (χ3v) is 4.89. The molecule has 0 spiro atoms. The highest BCUT2D eigenvalue weighted by atomic mass is 16.5. The molecule has 2 aliphatic heterocycles. The first-order valence-corrected chi connectivity index (χ1v) is 8.73. The zero-order valence-electron chi connectivity index (χ0n) is 14.0. The highest BCUT2D eigenvalue weighted by molar-refractivity contribution is 5.78. The van der Waals surface area contributed by atoms with Crippen molar-refractivity contribution in [3.8, 4) is 0 Å². The predicted molar refractivity (Wildman–Crippen MR) is 89.3 cm³/mol. The number of carbonyl (C=O) groups excluding carboxylic acids is 1. The van der Waals surface area contributed by atoms with E-state index in [1.807, 2.05) is 13.1 Å². The second-order valence-electron chi connectivity index (χ2n) is 6.62. The molecular weight excluding hydrogens is 290 g/mol. The SMILES string of the molecule is Cc1cc(CC[C@@H]2CCCN2C(=O)CN2CCOCC2)ccn1. The van der Waals surface area contributed by atoms with Gasteiger partial charge in [-0.25, -0.2) is 0 Å². The topological polar surface area (TPSA) is 45.7 Å². The third-order valence-electron chi connectivity index (χ3n) is 4.89. The highest BCUT2D eigenvalue weighted by Crippen LogP contribution is 2.22. The van der Waals surface area contributed by atoms with Crippen molar-refractivity contribution in [2.45, 2.75) is 38.6 Å². The van der Waals surface area contributed by atoms with Gasteiger partial charge in [0.1, 0.15) is 0 Å². The maximum absolute atomic E-state index is 12.6. The molecule has 2 saturated heterocycles. The van der Waals surface area contributed by atoms with Crippen LogP contribution in [0.1, 0.15) is 30.5 Å². The van der Waals surface area contributed by atoms with E-state index in [2.05, 4.69) is 26.9 Å². The number of likely N-dealkylation sites (tertiary alicyclic amines) is 1. The Morgan fingerprint density at radius 2 is 2.17 bits per heavy atom. The molecule has 0 aliphatic carbocycles. The van der Waals surface area contributed by atoms with Crippen LogP contribution in [0.25, 0.3) is 0 Å². The number of hydrogen-bond donors (Lipinski definition) is 0. The van der Waals surface area contributed by atoms with Crippen molar-refractivity contribution < 1.29 is 9.53 Å². The number of ether oxygens (including phenoxy) is 1. The number of morpholine rings is 1. The quantitative estimate of drug-likeness (QED) is 0.828. The Morgan fingerprint density at radius 3 is 2.96 bits per heavy atom. The fraction of sp³-hybridized carbons (Fsp3) is 0.667. The maximum Gasteiger partial charge on any atom is 0.236 e. The van der Waals surface area contributed by atoms with E-state index in [0.717, 1.165) is 64.2 Å². The van der Waals surface area contributed by atoms with Gasteiger partial charge in [0.05, 0.1) is 19.8 Å². The van der Waals surface area contributed by atoms with E-state index < -0.39 is 0 Å². The molecule has 3 heterocycles. The van der Waals surface area contributed by atoms with Gasteiger partial charge in [0.2, 0.25) is 5.91 Å². The number of aryl methyl sites for hydroxylation is 2. The molecular formula is C18H27N3O2. The lowest BCUT2D eigenvalue weighted by Crippen LogP contribution is -2.46. The summed E-state index contributed by atoms with van der Waals surface area (Å²) < 4.78 is 5.35. The number of hydrogen-bond acceptors (Lipinski definition) is 4. The second kappa shape index (κ2) is 7.88. The molecule has 23 heavy (non-hydrogen) atoms. The molecule has 0 unspecified atom stereocenters. The van der Waals surface area contributed by atoms with Crippen LogP contribution in [0.3, 0.4) is 0 Å². The number of rotatable bonds is 5. The molecule has 1 aromatic heterocycles. The minimum Gasteiger partial charge on any atom is -0.379 e. The lowest BCUT2D eigenvalue weighted by Gasteiger charge is -2.30. The Bertz CT molecular complexity index is 529. The van der Waals surface area contributed by atoms with Crippen LogP contribution in [0.4, 0.5) is 0 Å². The van der Waals surface area contributed by atoms with Crippen LogP contribution in [0.5, 0.6) is 0 Å². The Hall–Kier alpha value is -1.46. The number of aromatic nitrogens is 1. The molecule has 0 bridgehead atoms. The predicted octanol–water partition coefficient (Wildman–Crippen LogP) is 1.65.